The summed E-state index contributed by atoms with van der Waals surface area (Å²) < 4.78 is 5.86. The molecule has 1 aliphatic rings. The molecule has 4 rings (SSSR count). The predicted octanol–water partition coefficient (Wildman–Crippen LogP) is 3.00. The Bertz CT molecular complexity index is 1170. The summed E-state index contributed by atoms with van der Waals surface area (Å²) >= 11 is 5.38. The van der Waals surface area contributed by atoms with Crippen LogP contribution in [-0.4, -0.2) is 35.6 Å². The summed E-state index contributed by atoms with van der Waals surface area (Å²) in [6.45, 7) is 1.47. The van der Waals surface area contributed by atoms with E-state index >= 15 is 0 Å². The van der Waals surface area contributed by atoms with Crippen molar-refractivity contribution in [3.05, 3.63) is 83.8 Å². The Morgan fingerprint density at radius 3 is 2.52 bits per heavy atom. The SMILES string of the molecule is [B]c1ccc(-c2ccc(/C=C3/NC(=S)N(C(Cc4ccccc4)C(C)=O)C3=O)o2)cc1. The molecular formula is C24H19BN2O3S. The lowest BCUT2D eigenvalue weighted by molar-refractivity contribution is -0.130. The maximum absolute atomic E-state index is 13.1. The Labute approximate surface area is 187 Å². The predicted molar refractivity (Wildman–Crippen MR) is 125 cm³/mol. The number of hydrogen-bond acceptors (Lipinski definition) is 4. The molecule has 2 heterocycles. The second-order valence-corrected chi connectivity index (χ2v) is 7.69. The number of amides is 1. The molecule has 1 aromatic heterocycles. The summed E-state index contributed by atoms with van der Waals surface area (Å²) in [4.78, 5) is 26.8. The van der Waals surface area contributed by atoms with Crippen molar-refractivity contribution < 1.29 is 14.0 Å². The number of furan rings is 1. The van der Waals surface area contributed by atoms with Crippen LogP contribution in [0.4, 0.5) is 0 Å². The lowest BCUT2D eigenvalue weighted by Gasteiger charge is -2.24. The van der Waals surface area contributed by atoms with Gasteiger partial charge in [0.05, 0.1) is 0 Å². The Hall–Kier alpha value is -3.45. The van der Waals surface area contributed by atoms with E-state index in [2.05, 4.69) is 5.32 Å². The monoisotopic (exact) mass is 426 g/mol. The zero-order chi connectivity index (χ0) is 22.0. The average Bonchev–Trinajstić information content (AvgIpc) is 3.32. The van der Waals surface area contributed by atoms with Crippen LogP contribution in [0.15, 0.2) is 76.8 Å². The van der Waals surface area contributed by atoms with Gasteiger partial charge in [-0.1, -0.05) is 60.1 Å². The number of ketones is 1. The summed E-state index contributed by atoms with van der Waals surface area (Å²) in [5.74, 6) is 0.662. The van der Waals surface area contributed by atoms with Crippen LogP contribution in [-0.2, 0) is 16.0 Å². The first-order chi connectivity index (χ1) is 14.9. The van der Waals surface area contributed by atoms with Crippen LogP contribution in [0.25, 0.3) is 17.4 Å². The number of thiocarbonyl (C=S) groups is 1. The largest absolute Gasteiger partial charge is 0.457 e. The molecule has 3 aromatic rings. The second kappa shape index (κ2) is 8.74. The lowest BCUT2D eigenvalue weighted by Crippen LogP contribution is -2.45. The number of hydrogen-bond donors (Lipinski definition) is 1. The molecule has 152 valence electrons. The van der Waals surface area contributed by atoms with Crippen molar-refractivity contribution >= 4 is 48.4 Å². The molecule has 2 radical (unpaired) electrons. The van der Waals surface area contributed by atoms with E-state index in [9.17, 15) is 9.59 Å². The fourth-order valence-electron chi connectivity index (χ4n) is 3.46. The van der Waals surface area contributed by atoms with Crippen LogP contribution in [0.5, 0.6) is 0 Å². The third-order valence-electron chi connectivity index (χ3n) is 5.07. The quantitative estimate of drug-likeness (QED) is 0.373. The number of benzene rings is 2. The molecule has 0 bridgehead atoms. The average molecular weight is 426 g/mol. The highest BCUT2D eigenvalue weighted by Crippen LogP contribution is 2.25. The van der Waals surface area contributed by atoms with Gasteiger partial charge in [-0.25, -0.2) is 0 Å². The van der Waals surface area contributed by atoms with Crippen LogP contribution in [0.2, 0.25) is 0 Å². The molecule has 31 heavy (non-hydrogen) atoms. The summed E-state index contributed by atoms with van der Waals surface area (Å²) in [6.07, 6.45) is 1.98. The van der Waals surface area contributed by atoms with E-state index in [4.69, 9.17) is 24.5 Å². The van der Waals surface area contributed by atoms with Gasteiger partial charge in [0.2, 0.25) is 0 Å². The molecule has 1 saturated heterocycles. The van der Waals surface area contributed by atoms with Gasteiger partial charge in [0, 0.05) is 18.1 Å². The van der Waals surface area contributed by atoms with E-state index in [0.717, 1.165) is 11.1 Å². The first-order valence-electron chi connectivity index (χ1n) is 9.79. The first-order valence-corrected chi connectivity index (χ1v) is 10.2. The van der Waals surface area contributed by atoms with E-state index in [1.807, 2.05) is 48.5 Å². The van der Waals surface area contributed by atoms with Crippen LogP contribution in [0, 0.1) is 0 Å². The Morgan fingerprint density at radius 2 is 1.84 bits per heavy atom. The van der Waals surface area contributed by atoms with Crippen LogP contribution in [0.1, 0.15) is 18.2 Å². The molecule has 1 amide bonds. The van der Waals surface area contributed by atoms with Gasteiger partial charge in [-0.2, -0.15) is 0 Å². The van der Waals surface area contributed by atoms with E-state index in [1.165, 1.54) is 11.8 Å². The van der Waals surface area contributed by atoms with E-state index in [0.29, 0.717) is 23.4 Å². The molecule has 1 unspecified atom stereocenters. The van der Waals surface area contributed by atoms with Crippen molar-refractivity contribution in [1.82, 2.24) is 10.2 Å². The van der Waals surface area contributed by atoms with Crippen molar-refractivity contribution in [1.29, 1.82) is 0 Å². The molecular weight excluding hydrogens is 407 g/mol. The number of carbonyl (C=O) groups excluding carboxylic acids is 2. The summed E-state index contributed by atoms with van der Waals surface area (Å²) in [6, 6.07) is 19.8. The molecule has 1 atom stereocenters. The van der Waals surface area contributed by atoms with E-state index < -0.39 is 6.04 Å². The molecule has 0 saturated carbocycles. The molecule has 1 aliphatic heterocycles. The molecule has 5 nitrogen and oxygen atoms in total. The normalized spacial score (nSPS) is 15.9. The number of Topliss-reactive ketones (excluding diaryl/α,β-unsaturated/α-hetero) is 1. The fourth-order valence-corrected chi connectivity index (χ4v) is 3.78. The standard InChI is InChI=1S/C24H19BN2O3S/c1-15(28)21(13-16-5-3-2-4-6-16)27-23(29)20(26-24(27)31)14-19-11-12-22(30-19)17-7-9-18(25)10-8-17/h2-12,14,21H,13H2,1H3,(H,26,31)/b20-14+. The number of rotatable bonds is 6. The first kappa shape index (κ1) is 20.8. The van der Waals surface area contributed by atoms with Gasteiger partial charge >= 0.3 is 0 Å². The van der Waals surface area contributed by atoms with Crippen LogP contribution < -0.4 is 10.8 Å². The highest BCUT2D eigenvalue weighted by molar-refractivity contribution is 7.80. The van der Waals surface area contributed by atoms with Crippen LogP contribution >= 0.6 is 12.2 Å². The Kier molecular flexibility index (Phi) is 5.87. The fraction of sp³-hybridized carbons (Fsp3) is 0.125. The zero-order valence-corrected chi connectivity index (χ0v) is 17.7. The van der Waals surface area contributed by atoms with Crippen molar-refractivity contribution in [2.75, 3.05) is 0 Å². The summed E-state index contributed by atoms with van der Waals surface area (Å²) in [5.41, 5.74) is 2.76. The minimum Gasteiger partial charge on any atom is -0.457 e. The second-order valence-electron chi connectivity index (χ2n) is 7.30. The van der Waals surface area contributed by atoms with Crippen molar-refractivity contribution in [2.24, 2.45) is 0 Å². The van der Waals surface area contributed by atoms with E-state index in [-0.39, 0.29) is 22.5 Å². The number of nitrogens with zero attached hydrogens (tertiary/aromatic N) is 1. The van der Waals surface area contributed by atoms with Crippen molar-refractivity contribution in [3.8, 4) is 11.3 Å². The molecule has 1 fully saturated rings. The number of carbonyl (C=O) groups is 2. The van der Waals surface area contributed by atoms with Gasteiger partial charge in [-0.05, 0) is 36.8 Å². The smallest absolute Gasteiger partial charge is 0.277 e. The van der Waals surface area contributed by atoms with Crippen molar-refractivity contribution in [2.45, 2.75) is 19.4 Å². The van der Waals surface area contributed by atoms with Gasteiger partial charge in [-0.3, -0.25) is 14.5 Å². The third-order valence-corrected chi connectivity index (χ3v) is 5.37. The van der Waals surface area contributed by atoms with Gasteiger partial charge in [0.25, 0.3) is 5.91 Å². The van der Waals surface area contributed by atoms with Gasteiger partial charge < -0.3 is 9.73 Å². The van der Waals surface area contributed by atoms with Gasteiger partial charge in [0.1, 0.15) is 31.1 Å². The number of nitrogens with one attached hydrogen (secondary N) is 1. The molecule has 2 aromatic carbocycles. The molecule has 7 heteroatoms. The topological polar surface area (TPSA) is 62.6 Å². The lowest BCUT2D eigenvalue weighted by atomic mass is 9.95. The zero-order valence-electron chi connectivity index (χ0n) is 16.9. The highest BCUT2D eigenvalue weighted by Gasteiger charge is 2.38. The minimum atomic E-state index is -0.678. The molecule has 0 spiro atoms. The summed E-state index contributed by atoms with van der Waals surface area (Å²) in [7, 11) is 5.73. The molecule has 1 N–H and O–H groups in total. The Morgan fingerprint density at radius 1 is 1.13 bits per heavy atom. The van der Waals surface area contributed by atoms with E-state index in [1.54, 1.807) is 24.3 Å². The highest BCUT2D eigenvalue weighted by atomic mass is 32.1. The van der Waals surface area contributed by atoms with Crippen molar-refractivity contribution in [3.63, 3.8) is 0 Å². The maximum atomic E-state index is 13.1. The molecule has 0 aliphatic carbocycles. The minimum absolute atomic E-state index is 0.133. The Balaban J connectivity index is 1.56. The van der Waals surface area contributed by atoms with Crippen LogP contribution in [0.3, 0.4) is 0 Å². The third kappa shape index (κ3) is 4.51. The van der Waals surface area contributed by atoms with Gasteiger partial charge in [0.15, 0.2) is 10.9 Å². The summed E-state index contributed by atoms with van der Waals surface area (Å²) in [5, 5.41) is 3.13. The van der Waals surface area contributed by atoms with Gasteiger partial charge in [-0.15, -0.1) is 0 Å². The maximum Gasteiger partial charge on any atom is 0.277 e.